The standard InChI is InChI=1S/C36H28O4/c37-33-17-19-34(38,20-18-33)31-13-5-27(6-14-31)28-7-15-32(16-8-28)36(40)23-21-35(39,22-24-36)30-11-3-26(4-12-30)25-1-9-29(33)10-2-25/h1-24,37-40H. The van der Waals surface area contributed by atoms with Crippen LogP contribution in [0.3, 0.4) is 0 Å². The SMILES string of the molecule is OC12C=CC(O)(C=C1)c1ccc(cc1)-c1ccc(cc1)C1(O)C=CC(O)(C=C1)c1ccc(cc1)-c1ccc2cc1. The molecule has 12 aliphatic rings. The molecule has 4 aromatic rings. The normalized spacial score (nSPS) is 29.5. The van der Waals surface area contributed by atoms with Gasteiger partial charge in [-0.1, -0.05) is 97.1 Å². The fourth-order valence-corrected chi connectivity index (χ4v) is 5.73. The summed E-state index contributed by atoms with van der Waals surface area (Å²) in [7, 11) is 0. The summed E-state index contributed by atoms with van der Waals surface area (Å²) < 4.78 is 0. The first kappa shape index (κ1) is 24.7. The Morgan fingerprint density at radius 2 is 0.400 bits per heavy atom. The van der Waals surface area contributed by atoms with E-state index < -0.39 is 22.4 Å². The van der Waals surface area contributed by atoms with Crippen molar-refractivity contribution in [2.75, 3.05) is 0 Å². The third-order valence-electron chi connectivity index (χ3n) is 8.42. The van der Waals surface area contributed by atoms with E-state index in [9.17, 15) is 20.4 Å². The molecule has 4 heteroatoms. The van der Waals surface area contributed by atoms with Gasteiger partial charge in [-0.05, 0) is 93.1 Å². The van der Waals surface area contributed by atoms with E-state index in [0.29, 0.717) is 22.3 Å². The average molecular weight is 525 g/mol. The lowest BCUT2D eigenvalue weighted by atomic mass is 9.80. The van der Waals surface area contributed by atoms with Crippen LogP contribution >= 0.6 is 0 Å². The van der Waals surface area contributed by atoms with Gasteiger partial charge in [-0.25, -0.2) is 0 Å². The first-order valence-corrected chi connectivity index (χ1v) is 13.3. The number of rotatable bonds is 0. The summed E-state index contributed by atoms with van der Waals surface area (Å²) in [5.74, 6) is 0. The van der Waals surface area contributed by atoms with Gasteiger partial charge in [-0.2, -0.15) is 0 Å². The highest BCUT2D eigenvalue weighted by Crippen LogP contribution is 2.39. The summed E-state index contributed by atoms with van der Waals surface area (Å²) in [6.45, 7) is 0. The van der Waals surface area contributed by atoms with E-state index in [0.717, 1.165) is 22.3 Å². The van der Waals surface area contributed by atoms with Crippen LogP contribution in [-0.4, -0.2) is 20.4 Å². The summed E-state index contributed by atoms with van der Waals surface area (Å²) in [6.07, 6.45) is 13.0. The number of benzene rings is 4. The molecule has 0 fully saturated rings. The van der Waals surface area contributed by atoms with Crippen LogP contribution in [0.2, 0.25) is 0 Å². The summed E-state index contributed by atoms with van der Waals surface area (Å²) in [5.41, 5.74) is 1.27. The lowest BCUT2D eigenvalue weighted by Gasteiger charge is -2.32. The topological polar surface area (TPSA) is 80.9 Å². The highest BCUT2D eigenvalue weighted by molar-refractivity contribution is 5.67. The van der Waals surface area contributed by atoms with Crippen LogP contribution in [0, 0.1) is 0 Å². The van der Waals surface area contributed by atoms with Gasteiger partial charge in [0, 0.05) is 0 Å². The van der Waals surface area contributed by atoms with Crippen LogP contribution < -0.4 is 0 Å². The Morgan fingerprint density at radius 1 is 0.250 bits per heavy atom. The molecular formula is C36H28O4. The van der Waals surface area contributed by atoms with Crippen molar-refractivity contribution in [3.63, 3.8) is 0 Å². The minimum absolute atomic E-state index is 0.690. The van der Waals surface area contributed by atoms with Gasteiger partial charge < -0.3 is 20.4 Å². The monoisotopic (exact) mass is 524 g/mol. The molecule has 0 heterocycles. The predicted octanol–water partition coefficient (Wildman–Crippen LogP) is 5.74. The van der Waals surface area contributed by atoms with Crippen LogP contribution in [0.5, 0.6) is 0 Å². The molecule has 196 valence electrons. The zero-order chi connectivity index (χ0) is 27.6. The first-order chi connectivity index (χ1) is 19.2. The Kier molecular flexibility index (Phi) is 5.30. The lowest BCUT2D eigenvalue weighted by molar-refractivity contribution is 0.106. The molecule has 12 bridgehead atoms. The minimum Gasteiger partial charge on any atom is -0.377 e. The molecule has 0 spiro atoms. The molecule has 16 rings (SSSR count). The van der Waals surface area contributed by atoms with E-state index >= 15 is 0 Å². The summed E-state index contributed by atoms with van der Waals surface area (Å²) >= 11 is 0. The van der Waals surface area contributed by atoms with Crippen molar-refractivity contribution >= 4 is 0 Å². The summed E-state index contributed by atoms with van der Waals surface area (Å²) in [6, 6.07) is 30.6. The average Bonchev–Trinajstić information content (AvgIpc) is 3.00. The molecule has 0 amide bonds. The van der Waals surface area contributed by atoms with Gasteiger partial charge in [0.1, 0.15) is 22.4 Å². The fourth-order valence-electron chi connectivity index (χ4n) is 5.73. The Bertz CT molecular complexity index is 1420. The van der Waals surface area contributed by atoms with E-state index in [-0.39, 0.29) is 0 Å². The second-order valence-electron chi connectivity index (χ2n) is 10.9. The Balaban J connectivity index is 1.34. The Hall–Kier alpha value is -4.32. The van der Waals surface area contributed by atoms with Crippen molar-refractivity contribution in [1.29, 1.82) is 0 Å². The van der Waals surface area contributed by atoms with Crippen molar-refractivity contribution < 1.29 is 20.4 Å². The van der Waals surface area contributed by atoms with Gasteiger partial charge >= 0.3 is 0 Å². The maximum Gasteiger partial charge on any atom is 0.127 e. The van der Waals surface area contributed by atoms with E-state index in [1.54, 1.807) is 48.6 Å². The maximum absolute atomic E-state index is 11.4. The smallest absolute Gasteiger partial charge is 0.127 e. The van der Waals surface area contributed by atoms with Crippen LogP contribution in [0.1, 0.15) is 22.3 Å². The third kappa shape index (κ3) is 3.93. The molecule has 0 atom stereocenters. The molecule has 0 radical (unpaired) electrons. The van der Waals surface area contributed by atoms with Crippen molar-refractivity contribution in [2.24, 2.45) is 0 Å². The van der Waals surface area contributed by atoms with Crippen LogP contribution in [0.15, 0.2) is 146 Å². The molecule has 0 unspecified atom stereocenters. The van der Waals surface area contributed by atoms with Crippen molar-refractivity contribution in [1.82, 2.24) is 0 Å². The largest absolute Gasteiger partial charge is 0.377 e. The minimum atomic E-state index is -1.34. The molecule has 4 aromatic carbocycles. The quantitative estimate of drug-likeness (QED) is 0.221. The molecule has 0 saturated heterocycles. The van der Waals surface area contributed by atoms with E-state index in [4.69, 9.17) is 0 Å². The Labute approximate surface area is 232 Å². The second kappa shape index (κ2) is 8.59. The van der Waals surface area contributed by atoms with E-state index in [1.165, 1.54) is 0 Å². The Morgan fingerprint density at radius 3 is 0.550 bits per heavy atom. The zero-order valence-corrected chi connectivity index (χ0v) is 21.6. The molecule has 4 N–H and O–H groups in total. The van der Waals surface area contributed by atoms with Crippen LogP contribution in [0.25, 0.3) is 22.3 Å². The van der Waals surface area contributed by atoms with Crippen molar-refractivity contribution in [3.8, 4) is 22.3 Å². The summed E-state index contributed by atoms with van der Waals surface area (Å²) in [4.78, 5) is 0. The molecule has 0 aliphatic heterocycles. The molecule has 0 saturated carbocycles. The number of hydrogen-bond acceptors (Lipinski definition) is 4. The number of hydrogen-bond donors (Lipinski definition) is 4. The van der Waals surface area contributed by atoms with E-state index in [1.807, 2.05) is 97.1 Å². The fraction of sp³-hybridized carbons (Fsp3) is 0.111. The van der Waals surface area contributed by atoms with E-state index in [2.05, 4.69) is 0 Å². The van der Waals surface area contributed by atoms with Gasteiger partial charge in [0.15, 0.2) is 0 Å². The van der Waals surface area contributed by atoms with Crippen molar-refractivity contribution in [2.45, 2.75) is 22.4 Å². The first-order valence-electron chi connectivity index (χ1n) is 13.3. The lowest BCUT2D eigenvalue weighted by Crippen LogP contribution is -2.30. The van der Waals surface area contributed by atoms with Gasteiger partial charge in [-0.3, -0.25) is 0 Å². The third-order valence-corrected chi connectivity index (χ3v) is 8.42. The zero-order valence-electron chi connectivity index (χ0n) is 21.6. The highest BCUT2D eigenvalue weighted by atomic mass is 16.3. The van der Waals surface area contributed by atoms with Gasteiger partial charge in [0.2, 0.25) is 0 Å². The molecule has 0 aromatic heterocycles. The number of aliphatic hydroxyl groups is 4. The van der Waals surface area contributed by atoms with Crippen molar-refractivity contribution in [3.05, 3.63) is 168 Å². The second-order valence-corrected chi connectivity index (χ2v) is 10.9. The molecular weight excluding hydrogens is 496 g/mol. The molecule has 40 heavy (non-hydrogen) atoms. The molecule has 4 nitrogen and oxygen atoms in total. The van der Waals surface area contributed by atoms with Crippen LogP contribution in [0.4, 0.5) is 0 Å². The summed E-state index contributed by atoms with van der Waals surface area (Å²) in [5, 5.41) is 45.5. The van der Waals surface area contributed by atoms with Gasteiger partial charge in [0.05, 0.1) is 0 Å². The maximum atomic E-state index is 11.4. The van der Waals surface area contributed by atoms with Gasteiger partial charge in [0.25, 0.3) is 0 Å². The molecule has 12 aliphatic carbocycles. The predicted molar refractivity (Wildman–Crippen MR) is 156 cm³/mol. The van der Waals surface area contributed by atoms with Crippen LogP contribution in [-0.2, 0) is 22.4 Å². The van der Waals surface area contributed by atoms with Gasteiger partial charge in [-0.15, -0.1) is 0 Å². The highest BCUT2D eigenvalue weighted by Gasteiger charge is 2.35.